The second-order valence-corrected chi connectivity index (χ2v) is 8.27. The van der Waals surface area contributed by atoms with Gasteiger partial charge in [-0.25, -0.2) is 9.97 Å². The molecular weight excluding hydrogens is 394 g/mol. The molecule has 1 unspecified atom stereocenters. The number of hydrogen-bond acceptors (Lipinski definition) is 7. The molecule has 1 amide bonds. The lowest BCUT2D eigenvalue weighted by Gasteiger charge is -2.34. The Kier molecular flexibility index (Phi) is 6.67. The third kappa shape index (κ3) is 4.97. The van der Waals surface area contributed by atoms with E-state index in [9.17, 15) is 4.79 Å². The molecule has 0 radical (unpaired) electrons. The Morgan fingerprint density at radius 1 is 1.19 bits per heavy atom. The summed E-state index contributed by atoms with van der Waals surface area (Å²) in [5, 5.41) is 0. The summed E-state index contributed by atoms with van der Waals surface area (Å²) in [5.74, 6) is 1.66. The number of hydrogen-bond donors (Lipinski definition) is 0. The smallest absolute Gasteiger partial charge is 0.236 e. The number of likely N-dealkylation sites (tertiary alicyclic amines) is 1. The molecule has 1 atom stereocenters. The number of methoxy groups -OCH3 is 1. The van der Waals surface area contributed by atoms with E-state index in [4.69, 9.17) is 14.5 Å². The minimum absolute atomic E-state index is 0.213. The monoisotopic (exact) mass is 425 g/mol. The van der Waals surface area contributed by atoms with Gasteiger partial charge in [-0.15, -0.1) is 0 Å². The number of benzene rings is 1. The third-order valence-electron chi connectivity index (χ3n) is 5.88. The molecule has 2 saturated heterocycles. The minimum atomic E-state index is -0.223. The number of carbonyl (C=O) groups excluding carboxylic acids is 1. The van der Waals surface area contributed by atoms with Crippen LogP contribution in [0.4, 0.5) is 5.95 Å². The first-order valence-corrected chi connectivity index (χ1v) is 10.9. The molecule has 3 heterocycles. The fraction of sp³-hybridized carbons (Fsp3) is 0.522. The highest BCUT2D eigenvalue weighted by atomic mass is 16.5. The molecule has 8 heteroatoms. The summed E-state index contributed by atoms with van der Waals surface area (Å²) in [6, 6.07) is 7.88. The van der Waals surface area contributed by atoms with Crippen LogP contribution in [0.15, 0.2) is 30.5 Å². The van der Waals surface area contributed by atoms with Crippen LogP contribution in [0.25, 0.3) is 11.1 Å². The normalized spacial score (nSPS) is 19.5. The quantitative estimate of drug-likeness (QED) is 0.703. The van der Waals surface area contributed by atoms with Gasteiger partial charge in [0.25, 0.3) is 0 Å². The first-order valence-electron chi connectivity index (χ1n) is 10.9. The number of anilines is 1. The van der Waals surface area contributed by atoms with E-state index in [-0.39, 0.29) is 12.0 Å². The van der Waals surface area contributed by atoms with E-state index in [0.717, 1.165) is 55.0 Å². The van der Waals surface area contributed by atoms with Gasteiger partial charge in [0.2, 0.25) is 11.9 Å². The maximum absolute atomic E-state index is 12.6. The fourth-order valence-corrected chi connectivity index (χ4v) is 4.11. The molecule has 2 aromatic rings. The number of ether oxygens (including phenoxy) is 2. The highest BCUT2D eigenvalue weighted by Gasteiger charge is 2.29. The van der Waals surface area contributed by atoms with E-state index in [1.54, 1.807) is 7.11 Å². The van der Waals surface area contributed by atoms with Gasteiger partial charge < -0.3 is 19.3 Å². The van der Waals surface area contributed by atoms with E-state index in [1.807, 2.05) is 54.4 Å². The summed E-state index contributed by atoms with van der Waals surface area (Å²) in [7, 11) is 5.51. The average Bonchev–Trinajstić information content (AvgIpc) is 3.34. The summed E-state index contributed by atoms with van der Waals surface area (Å²) in [5.41, 5.74) is 2.79. The van der Waals surface area contributed by atoms with Gasteiger partial charge in [-0.2, -0.15) is 0 Å². The van der Waals surface area contributed by atoms with Gasteiger partial charge in [-0.3, -0.25) is 9.69 Å². The van der Waals surface area contributed by atoms with Crippen molar-refractivity contribution in [3.63, 3.8) is 0 Å². The molecule has 166 valence electrons. The lowest BCUT2D eigenvalue weighted by atomic mass is 10.0. The fourth-order valence-electron chi connectivity index (χ4n) is 4.11. The van der Waals surface area contributed by atoms with Crippen LogP contribution in [0.5, 0.6) is 5.75 Å². The van der Waals surface area contributed by atoms with Crippen molar-refractivity contribution in [2.24, 2.45) is 0 Å². The van der Waals surface area contributed by atoms with Crippen LogP contribution in [-0.2, 0) is 9.53 Å². The van der Waals surface area contributed by atoms with Crippen LogP contribution in [-0.4, -0.2) is 86.2 Å². The molecule has 2 aliphatic rings. The van der Waals surface area contributed by atoms with Gasteiger partial charge in [0.05, 0.1) is 26.0 Å². The molecule has 0 aliphatic carbocycles. The first kappa shape index (κ1) is 21.5. The van der Waals surface area contributed by atoms with Crippen LogP contribution in [0.3, 0.4) is 0 Å². The molecule has 8 nitrogen and oxygen atoms in total. The topological polar surface area (TPSA) is 71.0 Å². The maximum atomic E-state index is 12.6. The number of rotatable bonds is 6. The van der Waals surface area contributed by atoms with Gasteiger partial charge in [-0.1, -0.05) is 12.1 Å². The van der Waals surface area contributed by atoms with Crippen molar-refractivity contribution < 1.29 is 14.3 Å². The molecule has 0 N–H and O–H groups in total. The summed E-state index contributed by atoms with van der Waals surface area (Å²) >= 11 is 0. The molecule has 2 aliphatic heterocycles. The maximum Gasteiger partial charge on any atom is 0.236 e. The van der Waals surface area contributed by atoms with E-state index >= 15 is 0 Å². The van der Waals surface area contributed by atoms with Crippen molar-refractivity contribution >= 4 is 11.9 Å². The highest BCUT2D eigenvalue weighted by molar-refractivity contribution is 5.78. The molecule has 1 aromatic carbocycles. The molecule has 0 saturated carbocycles. The lowest BCUT2D eigenvalue weighted by Crippen LogP contribution is -2.45. The van der Waals surface area contributed by atoms with E-state index in [0.29, 0.717) is 25.6 Å². The Morgan fingerprint density at radius 2 is 1.94 bits per heavy atom. The second-order valence-electron chi connectivity index (χ2n) is 8.27. The molecular formula is C23H31N5O3. The van der Waals surface area contributed by atoms with Gasteiger partial charge in [-0.05, 0) is 30.5 Å². The van der Waals surface area contributed by atoms with E-state index in [2.05, 4.69) is 9.88 Å². The standard InChI is InChI=1S/C23H31N5O3/c1-26(2)23-24-14-19(17-6-8-18(30-3)9-7-17)22(25-23)20-15-27(12-13-31-20)16-21(29)28-10-4-5-11-28/h6-9,14,20H,4-5,10-13,15-16H2,1-3H3. The average molecular weight is 426 g/mol. The lowest BCUT2D eigenvalue weighted by molar-refractivity contribution is -0.133. The number of morpholine rings is 1. The van der Waals surface area contributed by atoms with Crippen LogP contribution in [0.1, 0.15) is 24.6 Å². The van der Waals surface area contributed by atoms with Crippen molar-refractivity contribution in [2.75, 3.05) is 65.4 Å². The Morgan fingerprint density at radius 3 is 2.61 bits per heavy atom. The number of nitrogens with zero attached hydrogens (tertiary/aromatic N) is 5. The van der Waals surface area contributed by atoms with Gasteiger partial charge in [0.15, 0.2) is 0 Å². The Hall–Kier alpha value is -2.71. The number of carbonyl (C=O) groups is 1. The SMILES string of the molecule is COc1ccc(-c2cnc(N(C)C)nc2C2CN(CC(=O)N3CCCC3)CCO2)cc1. The minimum Gasteiger partial charge on any atom is -0.497 e. The Labute approximate surface area is 183 Å². The predicted octanol–water partition coefficient (Wildman–Crippen LogP) is 2.21. The Balaban J connectivity index is 1.58. The van der Waals surface area contributed by atoms with Gasteiger partial charge in [0.1, 0.15) is 11.9 Å². The summed E-state index contributed by atoms with van der Waals surface area (Å²) in [6.45, 7) is 4.15. The van der Waals surface area contributed by atoms with Crippen LogP contribution < -0.4 is 9.64 Å². The van der Waals surface area contributed by atoms with E-state index < -0.39 is 0 Å². The summed E-state index contributed by atoms with van der Waals surface area (Å²) in [6.07, 6.45) is 3.85. The zero-order valence-corrected chi connectivity index (χ0v) is 18.6. The van der Waals surface area contributed by atoms with Crippen molar-refractivity contribution in [1.82, 2.24) is 19.8 Å². The van der Waals surface area contributed by atoms with Crippen molar-refractivity contribution in [2.45, 2.75) is 18.9 Å². The van der Waals surface area contributed by atoms with Crippen molar-refractivity contribution in [3.8, 4) is 16.9 Å². The Bertz CT molecular complexity index is 897. The van der Waals surface area contributed by atoms with Crippen LogP contribution in [0.2, 0.25) is 0 Å². The second kappa shape index (κ2) is 9.62. The number of aromatic nitrogens is 2. The molecule has 2 fully saturated rings. The molecule has 1 aromatic heterocycles. The third-order valence-corrected chi connectivity index (χ3v) is 5.88. The van der Waals surface area contributed by atoms with Crippen molar-refractivity contribution in [1.29, 1.82) is 0 Å². The molecule has 4 rings (SSSR count). The first-order chi connectivity index (χ1) is 15.0. The number of amides is 1. The largest absolute Gasteiger partial charge is 0.497 e. The molecule has 31 heavy (non-hydrogen) atoms. The summed E-state index contributed by atoms with van der Waals surface area (Å²) in [4.78, 5) is 28.1. The van der Waals surface area contributed by atoms with Crippen LogP contribution >= 0.6 is 0 Å². The molecule has 0 spiro atoms. The molecule has 0 bridgehead atoms. The zero-order valence-electron chi connectivity index (χ0n) is 18.6. The highest BCUT2D eigenvalue weighted by Crippen LogP contribution is 2.32. The van der Waals surface area contributed by atoms with Crippen LogP contribution in [0, 0.1) is 0 Å². The summed E-state index contributed by atoms with van der Waals surface area (Å²) < 4.78 is 11.4. The predicted molar refractivity (Wildman–Crippen MR) is 119 cm³/mol. The zero-order chi connectivity index (χ0) is 21.8. The van der Waals surface area contributed by atoms with E-state index in [1.165, 1.54) is 0 Å². The van der Waals surface area contributed by atoms with Crippen molar-refractivity contribution in [3.05, 3.63) is 36.2 Å². The van der Waals surface area contributed by atoms with Gasteiger partial charge >= 0.3 is 0 Å². The van der Waals surface area contributed by atoms with Gasteiger partial charge in [0, 0.05) is 52.0 Å².